The molecule has 0 radical (unpaired) electrons. The molecule has 1 rings (SSSR count). The maximum Gasteiger partial charge on any atom is 0.248 e. The highest BCUT2D eigenvalue weighted by Gasteiger charge is 2.17. The van der Waals surface area contributed by atoms with Crippen LogP contribution in [0.3, 0.4) is 0 Å². The van der Waals surface area contributed by atoms with Gasteiger partial charge in [0.05, 0.1) is 6.10 Å². The molecule has 0 aliphatic rings. The number of hydrogen-bond donors (Lipinski definition) is 2. The lowest BCUT2D eigenvalue weighted by Gasteiger charge is -2.21. The number of aliphatic hydroxyl groups excluding tert-OH is 1. The fraction of sp³-hybridized carbons (Fsp3) is 0.500. The molecule has 0 saturated carbocycles. The second-order valence-corrected chi connectivity index (χ2v) is 5.54. The second kappa shape index (κ2) is 4.88. The minimum absolute atomic E-state index is 0.0175. The van der Waals surface area contributed by atoms with Gasteiger partial charge in [-0.05, 0) is 36.0 Å². The molecule has 0 aliphatic heterocycles. The van der Waals surface area contributed by atoms with E-state index in [4.69, 9.17) is 5.73 Å². The number of benzene rings is 1. The van der Waals surface area contributed by atoms with Crippen molar-refractivity contribution in [2.24, 2.45) is 5.73 Å². The SMILES string of the molecule is CC(O)Cc1cc(C(C)(C)C)ccc1C(N)=O. The van der Waals surface area contributed by atoms with Crippen molar-refractivity contribution in [2.45, 2.75) is 45.6 Å². The fourth-order valence-corrected chi connectivity index (χ4v) is 1.79. The Morgan fingerprint density at radius 1 is 1.41 bits per heavy atom. The van der Waals surface area contributed by atoms with Gasteiger partial charge in [0, 0.05) is 5.56 Å². The van der Waals surface area contributed by atoms with Gasteiger partial charge in [0.25, 0.3) is 0 Å². The van der Waals surface area contributed by atoms with E-state index in [1.54, 1.807) is 13.0 Å². The average Bonchev–Trinajstić information content (AvgIpc) is 2.14. The highest BCUT2D eigenvalue weighted by molar-refractivity contribution is 5.94. The maximum absolute atomic E-state index is 11.3. The van der Waals surface area contributed by atoms with Crippen molar-refractivity contribution in [1.29, 1.82) is 0 Å². The largest absolute Gasteiger partial charge is 0.393 e. The summed E-state index contributed by atoms with van der Waals surface area (Å²) in [5.74, 6) is -0.443. The Kier molecular flexibility index (Phi) is 3.94. The zero-order valence-electron chi connectivity index (χ0n) is 10.9. The minimum atomic E-state index is -0.483. The van der Waals surface area contributed by atoms with E-state index < -0.39 is 12.0 Å². The first-order valence-electron chi connectivity index (χ1n) is 5.83. The normalized spacial score (nSPS) is 13.5. The first-order valence-corrected chi connectivity index (χ1v) is 5.83. The maximum atomic E-state index is 11.3. The zero-order valence-corrected chi connectivity index (χ0v) is 10.9. The molecule has 0 aromatic heterocycles. The van der Waals surface area contributed by atoms with E-state index in [1.807, 2.05) is 12.1 Å². The monoisotopic (exact) mass is 235 g/mol. The molecule has 0 bridgehead atoms. The molecule has 0 saturated heterocycles. The molecule has 0 spiro atoms. The highest BCUT2D eigenvalue weighted by Crippen LogP contribution is 2.25. The number of carbonyl (C=O) groups excluding carboxylic acids is 1. The Bertz CT molecular complexity index is 417. The Morgan fingerprint density at radius 2 is 2.00 bits per heavy atom. The van der Waals surface area contributed by atoms with Gasteiger partial charge in [-0.15, -0.1) is 0 Å². The Morgan fingerprint density at radius 3 is 2.41 bits per heavy atom. The van der Waals surface area contributed by atoms with Crippen LogP contribution in [-0.4, -0.2) is 17.1 Å². The van der Waals surface area contributed by atoms with Gasteiger partial charge < -0.3 is 10.8 Å². The molecule has 3 N–H and O–H groups in total. The quantitative estimate of drug-likeness (QED) is 0.841. The molecule has 3 heteroatoms. The molecule has 1 aromatic carbocycles. The summed E-state index contributed by atoms with van der Waals surface area (Å²) in [6, 6.07) is 5.64. The first-order chi connectivity index (χ1) is 7.71. The number of carbonyl (C=O) groups is 1. The van der Waals surface area contributed by atoms with Crippen LogP contribution in [0.5, 0.6) is 0 Å². The lowest BCUT2D eigenvalue weighted by atomic mass is 9.84. The zero-order chi connectivity index (χ0) is 13.2. The number of nitrogens with two attached hydrogens (primary N) is 1. The van der Waals surface area contributed by atoms with Gasteiger partial charge in [-0.25, -0.2) is 0 Å². The molecular formula is C14H21NO2. The van der Waals surface area contributed by atoms with Crippen LogP contribution in [0.2, 0.25) is 0 Å². The van der Waals surface area contributed by atoms with Crippen molar-refractivity contribution in [3.63, 3.8) is 0 Å². The Labute approximate surface area is 103 Å². The summed E-state index contributed by atoms with van der Waals surface area (Å²) in [5, 5.41) is 9.45. The first kappa shape index (κ1) is 13.7. The standard InChI is InChI=1S/C14H21NO2/c1-9(16)7-10-8-11(14(2,3)4)5-6-12(10)13(15)17/h5-6,8-9,16H,7H2,1-4H3,(H2,15,17). The summed E-state index contributed by atoms with van der Waals surface area (Å²) < 4.78 is 0. The van der Waals surface area contributed by atoms with Crippen molar-refractivity contribution in [3.8, 4) is 0 Å². The molecule has 94 valence electrons. The van der Waals surface area contributed by atoms with E-state index >= 15 is 0 Å². The molecule has 0 fully saturated rings. The van der Waals surface area contributed by atoms with Crippen LogP contribution in [0.4, 0.5) is 0 Å². The third kappa shape index (κ3) is 3.56. The van der Waals surface area contributed by atoms with Gasteiger partial charge >= 0.3 is 0 Å². The fourth-order valence-electron chi connectivity index (χ4n) is 1.79. The van der Waals surface area contributed by atoms with Crippen molar-refractivity contribution in [1.82, 2.24) is 0 Å². The molecule has 1 unspecified atom stereocenters. The van der Waals surface area contributed by atoms with Crippen LogP contribution >= 0.6 is 0 Å². The average molecular weight is 235 g/mol. The van der Waals surface area contributed by atoms with Crippen molar-refractivity contribution in [2.75, 3.05) is 0 Å². The molecule has 0 aliphatic carbocycles. The third-order valence-corrected chi connectivity index (χ3v) is 2.75. The van der Waals surface area contributed by atoms with E-state index in [-0.39, 0.29) is 5.41 Å². The molecular weight excluding hydrogens is 214 g/mol. The molecule has 17 heavy (non-hydrogen) atoms. The minimum Gasteiger partial charge on any atom is -0.393 e. The number of amides is 1. The summed E-state index contributed by atoms with van der Waals surface area (Å²) in [6.45, 7) is 8.03. The molecule has 1 aromatic rings. The van der Waals surface area contributed by atoms with Crippen LogP contribution in [0.25, 0.3) is 0 Å². The van der Waals surface area contributed by atoms with Gasteiger partial charge in [0.2, 0.25) is 5.91 Å². The summed E-state index contributed by atoms with van der Waals surface area (Å²) in [5.41, 5.74) is 7.80. The Hall–Kier alpha value is -1.35. The summed E-state index contributed by atoms with van der Waals surface area (Å²) in [7, 11) is 0. The lowest BCUT2D eigenvalue weighted by molar-refractivity contribution is 0.0998. The van der Waals surface area contributed by atoms with Crippen molar-refractivity contribution < 1.29 is 9.90 Å². The van der Waals surface area contributed by atoms with Crippen LogP contribution in [0, 0.1) is 0 Å². The molecule has 1 atom stereocenters. The number of hydrogen-bond acceptors (Lipinski definition) is 2. The van der Waals surface area contributed by atoms with E-state index in [0.29, 0.717) is 12.0 Å². The van der Waals surface area contributed by atoms with Crippen molar-refractivity contribution in [3.05, 3.63) is 34.9 Å². The summed E-state index contributed by atoms with van der Waals surface area (Å²) in [4.78, 5) is 11.3. The predicted octanol–water partition coefficient (Wildman–Crippen LogP) is 2.01. The van der Waals surface area contributed by atoms with Gasteiger partial charge in [-0.2, -0.15) is 0 Å². The van der Waals surface area contributed by atoms with Gasteiger partial charge in [0.1, 0.15) is 0 Å². The summed E-state index contributed by atoms with van der Waals surface area (Å²) >= 11 is 0. The lowest BCUT2D eigenvalue weighted by Crippen LogP contribution is -2.19. The van der Waals surface area contributed by atoms with E-state index in [9.17, 15) is 9.90 Å². The van der Waals surface area contributed by atoms with Crippen LogP contribution < -0.4 is 5.73 Å². The molecule has 3 nitrogen and oxygen atoms in total. The predicted molar refractivity (Wildman–Crippen MR) is 69.0 cm³/mol. The van der Waals surface area contributed by atoms with Gasteiger partial charge in [-0.1, -0.05) is 32.9 Å². The number of primary amides is 1. The summed E-state index contributed by atoms with van der Waals surface area (Å²) in [6.07, 6.45) is -0.0364. The van der Waals surface area contributed by atoms with Gasteiger partial charge in [0.15, 0.2) is 0 Å². The van der Waals surface area contributed by atoms with E-state index in [2.05, 4.69) is 20.8 Å². The Balaban J connectivity index is 3.24. The van der Waals surface area contributed by atoms with Gasteiger partial charge in [-0.3, -0.25) is 4.79 Å². The third-order valence-electron chi connectivity index (χ3n) is 2.75. The molecule has 1 amide bonds. The highest BCUT2D eigenvalue weighted by atomic mass is 16.3. The molecule has 0 heterocycles. The van der Waals surface area contributed by atoms with Crippen molar-refractivity contribution >= 4 is 5.91 Å². The topological polar surface area (TPSA) is 63.3 Å². The van der Waals surface area contributed by atoms with E-state index in [1.165, 1.54) is 0 Å². The van der Waals surface area contributed by atoms with Crippen LogP contribution in [-0.2, 0) is 11.8 Å². The second-order valence-electron chi connectivity index (χ2n) is 5.54. The number of aliphatic hydroxyl groups is 1. The smallest absolute Gasteiger partial charge is 0.248 e. The van der Waals surface area contributed by atoms with Crippen LogP contribution in [0.1, 0.15) is 49.2 Å². The van der Waals surface area contributed by atoms with Crippen LogP contribution in [0.15, 0.2) is 18.2 Å². The van der Waals surface area contributed by atoms with E-state index in [0.717, 1.165) is 11.1 Å². The number of rotatable bonds is 3.